The summed E-state index contributed by atoms with van der Waals surface area (Å²) in [5.74, 6) is -0.272. The van der Waals surface area contributed by atoms with E-state index in [1.807, 2.05) is 13.0 Å². The molecule has 0 fully saturated rings. The predicted molar refractivity (Wildman–Crippen MR) is 113 cm³/mol. The number of anilines is 2. The first-order chi connectivity index (χ1) is 13.2. The number of hydrogen-bond acceptors (Lipinski definition) is 3. The van der Waals surface area contributed by atoms with Crippen molar-refractivity contribution >= 4 is 50.5 Å². The lowest BCUT2D eigenvalue weighted by Gasteiger charge is -2.10. The Balaban J connectivity index is 1.75. The van der Waals surface area contributed by atoms with Crippen LogP contribution in [0.25, 0.3) is 0 Å². The molecule has 0 aliphatic carbocycles. The van der Waals surface area contributed by atoms with Gasteiger partial charge in [-0.2, -0.15) is 0 Å². The molecule has 0 radical (unpaired) electrons. The molecule has 1 amide bonds. The number of halogens is 2. The van der Waals surface area contributed by atoms with Gasteiger partial charge in [0.15, 0.2) is 0 Å². The quantitative estimate of drug-likeness (QED) is 0.567. The molecule has 0 saturated carbocycles. The van der Waals surface area contributed by atoms with Crippen molar-refractivity contribution < 1.29 is 13.2 Å². The van der Waals surface area contributed by atoms with Crippen LogP contribution in [0.4, 0.5) is 11.4 Å². The summed E-state index contributed by atoms with van der Waals surface area (Å²) in [6.07, 6.45) is 0. The van der Waals surface area contributed by atoms with Crippen LogP contribution in [0.1, 0.15) is 15.9 Å². The largest absolute Gasteiger partial charge is 0.322 e. The Bertz CT molecular complexity index is 1110. The summed E-state index contributed by atoms with van der Waals surface area (Å²) in [7, 11) is -3.83. The lowest BCUT2D eigenvalue weighted by molar-refractivity contribution is 0.102. The average Bonchev–Trinajstić information content (AvgIpc) is 2.61. The molecule has 3 aromatic rings. The van der Waals surface area contributed by atoms with E-state index >= 15 is 0 Å². The molecule has 2 N–H and O–H groups in total. The molecule has 8 heteroatoms. The van der Waals surface area contributed by atoms with Gasteiger partial charge in [-0.25, -0.2) is 8.42 Å². The van der Waals surface area contributed by atoms with Gasteiger partial charge in [-0.1, -0.05) is 40.9 Å². The number of carbonyl (C=O) groups is 1. The highest BCUT2D eigenvalue weighted by atomic mass is 35.5. The van der Waals surface area contributed by atoms with Crippen LogP contribution in [0, 0.1) is 6.92 Å². The highest BCUT2D eigenvalue weighted by molar-refractivity contribution is 7.92. The van der Waals surface area contributed by atoms with Crippen LogP contribution in [0.3, 0.4) is 0 Å². The first-order valence-corrected chi connectivity index (χ1v) is 10.4. The lowest BCUT2D eigenvalue weighted by Crippen LogP contribution is -2.14. The zero-order valence-electron chi connectivity index (χ0n) is 14.7. The third-order valence-corrected chi connectivity index (χ3v) is 5.65. The van der Waals surface area contributed by atoms with E-state index in [0.717, 1.165) is 5.56 Å². The number of hydrogen-bond donors (Lipinski definition) is 2. The second-order valence-electron chi connectivity index (χ2n) is 6.11. The summed E-state index contributed by atoms with van der Waals surface area (Å²) in [5.41, 5.74) is 2.24. The molecule has 0 aliphatic heterocycles. The molecule has 0 saturated heterocycles. The second-order valence-corrected chi connectivity index (χ2v) is 8.67. The maximum Gasteiger partial charge on any atom is 0.261 e. The normalized spacial score (nSPS) is 11.1. The molecule has 5 nitrogen and oxygen atoms in total. The smallest absolute Gasteiger partial charge is 0.261 e. The van der Waals surface area contributed by atoms with E-state index in [2.05, 4.69) is 10.0 Å². The van der Waals surface area contributed by atoms with Crippen LogP contribution in [0.2, 0.25) is 10.0 Å². The standard InChI is InChI=1S/C20H16Cl2N2O3S/c1-13-3-2-4-14(9-13)20(25)23-17-5-7-19(8-6-17)28(26,27)24-18-11-15(21)10-16(22)12-18/h2-12,24H,1H3,(H,23,25). The molecular weight excluding hydrogens is 419 g/mol. The Labute approximate surface area is 173 Å². The van der Waals surface area contributed by atoms with E-state index < -0.39 is 10.0 Å². The summed E-state index contributed by atoms with van der Waals surface area (Å²) in [4.78, 5) is 12.3. The Kier molecular flexibility index (Phi) is 5.93. The number of nitrogens with one attached hydrogen (secondary N) is 2. The predicted octanol–water partition coefficient (Wildman–Crippen LogP) is 5.35. The van der Waals surface area contributed by atoms with Crippen LogP contribution in [0.15, 0.2) is 71.6 Å². The van der Waals surface area contributed by atoms with Gasteiger partial charge >= 0.3 is 0 Å². The van der Waals surface area contributed by atoms with E-state index in [0.29, 0.717) is 21.3 Å². The molecule has 28 heavy (non-hydrogen) atoms. The zero-order valence-corrected chi connectivity index (χ0v) is 17.1. The fourth-order valence-corrected chi connectivity index (χ4v) is 4.10. The summed E-state index contributed by atoms with van der Waals surface area (Å²) in [6, 6.07) is 17.5. The van der Waals surface area contributed by atoms with Gasteiger partial charge in [-0.3, -0.25) is 9.52 Å². The first kappa shape index (κ1) is 20.2. The number of rotatable bonds is 5. The van der Waals surface area contributed by atoms with Crippen LogP contribution in [-0.4, -0.2) is 14.3 Å². The highest BCUT2D eigenvalue weighted by Crippen LogP contribution is 2.25. The molecule has 0 aliphatic rings. The van der Waals surface area contributed by atoms with Gasteiger partial charge < -0.3 is 5.32 Å². The average molecular weight is 435 g/mol. The van der Waals surface area contributed by atoms with Gasteiger partial charge in [-0.05, 0) is 61.5 Å². The fraction of sp³-hybridized carbons (Fsp3) is 0.0500. The van der Waals surface area contributed by atoms with Crippen molar-refractivity contribution in [2.45, 2.75) is 11.8 Å². The summed E-state index contributed by atoms with van der Waals surface area (Å²) >= 11 is 11.8. The maximum atomic E-state index is 12.5. The summed E-state index contributed by atoms with van der Waals surface area (Å²) in [6.45, 7) is 1.90. The van der Waals surface area contributed by atoms with Crippen LogP contribution in [0.5, 0.6) is 0 Å². The molecular formula is C20H16Cl2N2O3S. The van der Waals surface area contributed by atoms with Gasteiger partial charge in [0.1, 0.15) is 0 Å². The van der Waals surface area contributed by atoms with Crippen molar-refractivity contribution in [3.8, 4) is 0 Å². The van der Waals surface area contributed by atoms with E-state index in [1.165, 1.54) is 42.5 Å². The minimum absolute atomic E-state index is 0.0390. The van der Waals surface area contributed by atoms with Crippen LogP contribution in [-0.2, 0) is 10.0 Å². The van der Waals surface area contributed by atoms with E-state index in [-0.39, 0.29) is 16.5 Å². The van der Waals surface area contributed by atoms with Gasteiger partial charge in [0, 0.05) is 21.3 Å². The van der Waals surface area contributed by atoms with Crippen molar-refractivity contribution in [3.63, 3.8) is 0 Å². The van der Waals surface area contributed by atoms with Crippen molar-refractivity contribution in [1.29, 1.82) is 0 Å². The van der Waals surface area contributed by atoms with Crippen molar-refractivity contribution in [1.82, 2.24) is 0 Å². The van der Waals surface area contributed by atoms with Gasteiger partial charge in [0.25, 0.3) is 15.9 Å². The molecule has 0 bridgehead atoms. The molecule has 0 unspecified atom stereocenters. The van der Waals surface area contributed by atoms with E-state index in [4.69, 9.17) is 23.2 Å². The van der Waals surface area contributed by atoms with Crippen LogP contribution >= 0.6 is 23.2 Å². The van der Waals surface area contributed by atoms with E-state index in [1.54, 1.807) is 18.2 Å². The third-order valence-electron chi connectivity index (χ3n) is 3.82. The molecule has 0 heterocycles. The summed E-state index contributed by atoms with van der Waals surface area (Å²) in [5, 5.41) is 3.38. The fourth-order valence-electron chi connectivity index (χ4n) is 2.53. The molecule has 0 spiro atoms. The SMILES string of the molecule is Cc1cccc(C(=O)Nc2ccc(S(=O)(=O)Nc3cc(Cl)cc(Cl)c3)cc2)c1. The molecule has 3 rings (SSSR count). The number of benzene rings is 3. The van der Waals surface area contributed by atoms with Crippen molar-refractivity contribution in [2.24, 2.45) is 0 Å². The Morgan fingerprint density at radius 2 is 1.50 bits per heavy atom. The summed E-state index contributed by atoms with van der Waals surface area (Å²) < 4.78 is 27.5. The number of carbonyl (C=O) groups excluding carboxylic acids is 1. The Morgan fingerprint density at radius 3 is 2.11 bits per heavy atom. The zero-order chi connectivity index (χ0) is 20.3. The van der Waals surface area contributed by atoms with Crippen LogP contribution < -0.4 is 10.0 Å². The molecule has 3 aromatic carbocycles. The van der Waals surface area contributed by atoms with Gasteiger partial charge in [0.2, 0.25) is 0 Å². The first-order valence-electron chi connectivity index (χ1n) is 8.20. The Hall–Kier alpha value is -2.54. The van der Waals surface area contributed by atoms with Gasteiger partial charge in [0.05, 0.1) is 10.6 Å². The number of amides is 1. The minimum Gasteiger partial charge on any atom is -0.322 e. The van der Waals surface area contributed by atoms with E-state index in [9.17, 15) is 13.2 Å². The highest BCUT2D eigenvalue weighted by Gasteiger charge is 2.15. The Morgan fingerprint density at radius 1 is 0.857 bits per heavy atom. The topological polar surface area (TPSA) is 75.3 Å². The molecule has 144 valence electrons. The van der Waals surface area contributed by atoms with Gasteiger partial charge in [-0.15, -0.1) is 0 Å². The second kappa shape index (κ2) is 8.22. The maximum absolute atomic E-state index is 12.5. The molecule has 0 aromatic heterocycles. The molecule has 0 atom stereocenters. The van der Waals surface area contributed by atoms with Crippen molar-refractivity contribution in [2.75, 3.05) is 10.0 Å². The monoisotopic (exact) mass is 434 g/mol. The lowest BCUT2D eigenvalue weighted by atomic mass is 10.1. The van der Waals surface area contributed by atoms with Crippen molar-refractivity contribution in [3.05, 3.63) is 87.9 Å². The number of aryl methyl sites for hydroxylation is 1. The number of sulfonamides is 1. The third kappa shape index (κ3) is 5.04. The minimum atomic E-state index is -3.83.